The molecule has 7 unspecified atom stereocenters. The Balaban J connectivity index is 1.51. The number of aliphatic hydroxyl groups excluding tert-OH is 1. The molecule has 3 nitrogen and oxygen atoms in total. The molecule has 146 valence electrons. The first-order valence-corrected chi connectivity index (χ1v) is 10.9. The summed E-state index contributed by atoms with van der Waals surface area (Å²) in [6, 6.07) is 4.02. The zero-order valence-electron chi connectivity index (χ0n) is 16.7. The van der Waals surface area contributed by atoms with Gasteiger partial charge < -0.3 is 10.2 Å². The summed E-state index contributed by atoms with van der Waals surface area (Å²) in [5.74, 6) is 1.95. The first-order valence-electron chi connectivity index (χ1n) is 10.9. The van der Waals surface area contributed by atoms with E-state index in [-0.39, 0.29) is 16.9 Å². The molecule has 0 saturated heterocycles. The number of allylic oxidation sites excluding steroid dienone is 1. The molecule has 0 aliphatic heterocycles. The number of nitrogens with zero attached hydrogens (tertiary/aromatic N) is 1. The van der Waals surface area contributed by atoms with Crippen LogP contribution < -0.4 is 0 Å². The van der Waals surface area contributed by atoms with Gasteiger partial charge in [0.2, 0.25) is 0 Å². The smallest absolute Gasteiger partial charge is 0.0967 e. The van der Waals surface area contributed by atoms with Gasteiger partial charge in [0.05, 0.1) is 11.7 Å². The van der Waals surface area contributed by atoms with Crippen molar-refractivity contribution in [1.29, 1.82) is 0 Å². The summed E-state index contributed by atoms with van der Waals surface area (Å²) >= 11 is 0. The molecule has 0 spiro atoms. The van der Waals surface area contributed by atoms with Gasteiger partial charge in [-0.1, -0.05) is 31.6 Å². The van der Waals surface area contributed by atoms with Crippen molar-refractivity contribution in [1.82, 2.24) is 4.98 Å². The molecule has 0 aromatic carbocycles. The van der Waals surface area contributed by atoms with E-state index in [1.165, 1.54) is 12.0 Å². The molecule has 3 saturated carbocycles. The second-order valence-electron chi connectivity index (χ2n) is 10.3. The lowest BCUT2D eigenvalue weighted by Crippen LogP contribution is -2.53. The van der Waals surface area contributed by atoms with Crippen molar-refractivity contribution in [3.05, 3.63) is 41.7 Å². The standard InChI is InChI=1S/C24H33NO2/c1-22-10-7-18(26)14-16(22)5-6-19-20(22)8-11-23(2)21(19)9-12-24(23,27)17-4-3-13-25-15-17/h3-5,13,15,18-21,26-27H,6-12,14H2,1-2H3. The molecule has 0 amide bonds. The first kappa shape index (κ1) is 17.9. The van der Waals surface area contributed by atoms with Crippen LogP contribution in [0.5, 0.6) is 0 Å². The number of aliphatic hydroxyl groups is 2. The van der Waals surface area contributed by atoms with Gasteiger partial charge in [-0.2, -0.15) is 0 Å². The topological polar surface area (TPSA) is 53.4 Å². The van der Waals surface area contributed by atoms with E-state index in [1.54, 1.807) is 6.20 Å². The Kier molecular flexibility index (Phi) is 3.91. The molecule has 27 heavy (non-hydrogen) atoms. The number of rotatable bonds is 1. The van der Waals surface area contributed by atoms with Crippen molar-refractivity contribution in [2.24, 2.45) is 28.6 Å². The number of hydrogen-bond acceptors (Lipinski definition) is 3. The van der Waals surface area contributed by atoms with Crippen LogP contribution in [0.2, 0.25) is 0 Å². The van der Waals surface area contributed by atoms with Gasteiger partial charge in [-0.15, -0.1) is 0 Å². The van der Waals surface area contributed by atoms with E-state index in [0.717, 1.165) is 50.5 Å². The third kappa shape index (κ3) is 2.31. The minimum atomic E-state index is -0.745. The molecule has 5 rings (SSSR count). The molecule has 3 fully saturated rings. The molecule has 2 N–H and O–H groups in total. The second-order valence-corrected chi connectivity index (χ2v) is 10.3. The molecule has 0 radical (unpaired) electrons. The van der Waals surface area contributed by atoms with Crippen LogP contribution in [0.25, 0.3) is 0 Å². The molecule has 1 aromatic rings. The normalized spacial score (nSPS) is 49.0. The fourth-order valence-electron chi connectivity index (χ4n) is 7.74. The molecule has 4 aliphatic carbocycles. The Hall–Kier alpha value is -1.19. The van der Waals surface area contributed by atoms with Crippen molar-refractivity contribution in [2.45, 2.75) is 76.9 Å². The van der Waals surface area contributed by atoms with E-state index in [2.05, 4.69) is 31.0 Å². The average molecular weight is 368 g/mol. The van der Waals surface area contributed by atoms with Gasteiger partial charge in [0.15, 0.2) is 0 Å². The summed E-state index contributed by atoms with van der Waals surface area (Å²) in [6.07, 6.45) is 14.3. The third-order valence-electron chi connectivity index (χ3n) is 9.37. The maximum absolute atomic E-state index is 11.9. The minimum absolute atomic E-state index is 0.0624. The Morgan fingerprint density at radius 1 is 1.07 bits per heavy atom. The zero-order chi connectivity index (χ0) is 18.9. The van der Waals surface area contributed by atoms with Gasteiger partial charge in [-0.05, 0) is 80.6 Å². The molecular weight excluding hydrogens is 334 g/mol. The monoisotopic (exact) mass is 367 g/mol. The summed E-state index contributed by atoms with van der Waals surface area (Å²) < 4.78 is 0. The van der Waals surface area contributed by atoms with Gasteiger partial charge in [-0.3, -0.25) is 4.98 Å². The highest BCUT2D eigenvalue weighted by Gasteiger charge is 2.64. The van der Waals surface area contributed by atoms with Crippen molar-refractivity contribution in [2.75, 3.05) is 0 Å². The van der Waals surface area contributed by atoms with E-state index in [9.17, 15) is 10.2 Å². The van der Waals surface area contributed by atoms with Crippen LogP contribution in [0.1, 0.15) is 70.8 Å². The highest BCUT2D eigenvalue weighted by atomic mass is 16.3. The molecular formula is C24H33NO2. The Labute approximate surface area is 162 Å². The van der Waals surface area contributed by atoms with Crippen LogP contribution in [0.4, 0.5) is 0 Å². The van der Waals surface area contributed by atoms with E-state index in [4.69, 9.17) is 0 Å². The number of pyridine rings is 1. The van der Waals surface area contributed by atoms with E-state index in [0.29, 0.717) is 17.8 Å². The van der Waals surface area contributed by atoms with Gasteiger partial charge in [-0.25, -0.2) is 0 Å². The highest BCUT2D eigenvalue weighted by Crippen LogP contribution is 2.69. The maximum Gasteiger partial charge on any atom is 0.0967 e. The highest BCUT2D eigenvalue weighted by molar-refractivity contribution is 5.30. The number of fused-ring (bicyclic) bond motifs is 5. The van der Waals surface area contributed by atoms with Crippen molar-refractivity contribution >= 4 is 0 Å². The second kappa shape index (κ2) is 5.90. The van der Waals surface area contributed by atoms with Gasteiger partial charge >= 0.3 is 0 Å². The fraction of sp³-hybridized carbons (Fsp3) is 0.708. The molecule has 0 bridgehead atoms. The van der Waals surface area contributed by atoms with Crippen LogP contribution in [-0.2, 0) is 5.60 Å². The Bertz CT molecular complexity index is 761. The lowest BCUT2D eigenvalue weighted by atomic mass is 9.46. The molecule has 7 atom stereocenters. The molecule has 4 aliphatic rings. The first-order chi connectivity index (χ1) is 12.9. The van der Waals surface area contributed by atoms with E-state index < -0.39 is 5.60 Å². The van der Waals surface area contributed by atoms with Crippen LogP contribution in [0, 0.1) is 28.6 Å². The number of aromatic nitrogens is 1. The fourth-order valence-corrected chi connectivity index (χ4v) is 7.74. The lowest BCUT2D eigenvalue weighted by Gasteiger charge is -2.59. The Morgan fingerprint density at radius 2 is 1.89 bits per heavy atom. The van der Waals surface area contributed by atoms with Gasteiger partial charge in [0.1, 0.15) is 0 Å². The Morgan fingerprint density at radius 3 is 2.67 bits per heavy atom. The summed E-state index contributed by atoms with van der Waals surface area (Å²) in [7, 11) is 0. The quantitative estimate of drug-likeness (QED) is 0.714. The SMILES string of the molecule is CC12CCC(O)CC1=CCC1C2CCC2(C)C1CCC2(O)c1cccnc1. The summed E-state index contributed by atoms with van der Waals surface area (Å²) in [5.41, 5.74) is 1.98. The predicted octanol–water partition coefficient (Wildman–Crippen LogP) is 4.59. The van der Waals surface area contributed by atoms with E-state index in [1.807, 2.05) is 12.3 Å². The van der Waals surface area contributed by atoms with Crippen molar-refractivity contribution in [3.63, 3.8) is 0 Å². The summed E-state index contributed by atoms with van der Waals surface area (Å²) in [4.78, 5) is 4.30. The van der Waals surface area contributed by atoms with Crippen LogP contribution in [0.15, 0.2) is 36.2 Å². The van der Waals surface area contributed by atoms with Gasteiger partial charge in [0.25, 0.3) is 0 Å². The molecule has 1 heterocycles. The molecule has 3 heteroatoms. The van der Waals surface area contributed by atoms with Crippen molar-refractivity contribution in [3.8, 4) is 0 Å². The zero-order valence-corrected chi connectivity index (χ0v) is 16.7. The average Bonchev–Trinajstić information content (AvgIpc) is 2.95. The third-order valence-corrected chi connectivity index (χ3v) is 9.37. The summed E-state index contributed by atoms with van der Waals surface area (Å²) in [5, 5.41) is 22.0. The maximum atomic E-state index is 11.9. The minimum Gasteiger partial charge on any atom is -0.393 e. The largest absolute Gasteiger partial charge is 0.393 e. The van der Waals surface area contributed by atoms with Crippen LogP contribution >= 0.6 is 0 Å². The van der Waals surface area contributed by atoms with E-state index >= 15 is 0 Å². The lowest BCUT2D eigenvalue weighted by molar-refractivity contribution is -0.129. The predicted molar refractivity (Wildman–Crippen MR) is 106 cm³/mol. The van der Waals surface area contributed by atoms with Crippen molar-refractivity contribution < 1.29 is 10.2 Å². The number of hydrogen-bond donors (Lipinski definition) is 2. The van der Waals surface area contributed by atoms with Gasteiger partial charge in [0, 0.05) is 23.4 Å². The molecule has 1 aromatic heterocycles. The summed E-state index contributed by atoms with van der Waals surface area (Å²) in [6.45, 7) is 4.81. The van der Waals surface area contributed by atoms with Crippen LogP contribution in [0.3, 0.4) is 0 Å². The van der Waals surface area contributed by atoms with Crippen LogP contribution in [-0.4, -0.2) is 21.3 Å².